The van der Waals surface area contributed by atoms with Crippen LogP contribution in [-0.4, -0.2) is 36.2 Å². The highest BCUT2D eigenvalue weighted by molar-refractivity contribution is 7.99. The number of rotatable bonds is 13. The standard InChI is InChI=1S/C26H34O2S2/c1-4-15-29-17-13-27-25-21-9-7-8-10-22(21)26(28-14-18-30-16-5-2)24-19-20(6-3)11-12-23(24)25/h7-12,19H,4-6,13-18H2,1-3H3. The zero-order valence-corrected chi connectivity index (χ0v) is 20.2. The second kappa shape index (κ2) is 12.4. The molecule has 0 aliphatic carbocycles. The molecule has 4 heteroatoms. The number of hydrogen-bond acceptors (Lipinski definition) is 4. The fraction of sp³-hybridized carbons (Fsp3) is 0.462. The maximum atomic E-state index is 6.41. The third-order valence-electron chi connectivity index (χ3n) is 5.04. The molecule has 0 atom stereocenters. The molecule has 0 saturated carbocycles. The zero-order valence-electron chi connectivity index (χ0n) is 18.5. The molecule has 0 amide bonds. The Morgan fingerprint density at radius 1 is 0.633 bits per heavy atom. The Morgan fingerprint density at radius 3 is 1.70 bits per heavy atom. The summed E-state index contributed by atoms with van der Waals surface area (Å²) in [5, 5.41) is 4.62. The second-order valence-corrected chi connectivity index (χ2v) is 9.81. The molecule has 0 aliphatic heterocycles. The first-order chi connectivity index (χ1) is 14.8. The maximum absolute atomic E-state index is 6.41. The number of aryl methyl sites for hydroxylation is 1. The van der Waals surface area contributed by atoms with Crippen LogP contribution in [0.4, 0.5) is 0 Å². The van der Waals surface area contributed by atoms with E-state index in [4.69, 9.17) is 9.47 Å². The van der Waals surface area contributed by atoms with E-state index < -0.39 is 0 Å². The van der Waals surface area contributed by atoms with Crippen LogP contribution in [-0.2, 0) is 6.42 Å². The first-order valence-electron chi connectivity index (χ1n) is 11.2. The number of ether oxygens (including phenoxy) is 2. The SMILES string of the molecule is CCCSCCOc1c2ccccc2c(OCCSCCC)c2cc(CC)ccc12. The van der Waals surface area contributed by atoms with Gasteiger partial charge in [0.25, 0.3) is 0 Å². The molecule has 0 spiro atoms. The molecule has 0 saturated heterocycles. The van der Waals surface area contributed by atoms with Crippen LogP contribution < -0.4 is 9.47 Å². The quantitative estimate of drug-likeness (QED) is 0.200. The number of hydrogen-bond donors (Lipinski definition) is 0. The van der Waals surface area contributed by atoms with Gasteiger partial charge in [-0.2, -0.15) is 23.5 Å². The highest BCUT2D eigenvalue weighted by Crippen LogP contribution is 2.43. The lowest BCUT2D eigenvalue weighted by molar-refractivity contribution is 0.346. The molecule has 0 radical (unpaired) electrons. The lowest BCUT2D eigenvalue weighted by atomic mass is 9.98. The van der Waals surface area contributed by atoms with Crippen LogP contribution in [0.1, 0.15) is 39.2 Å². The Labute approximate surface area is 190 Å². The maximum Gasteiger partial charge on any atom is 0.135 e. The van der Waals surface area contributed by atoms with E-state index in [9.17, 15) is 0 Å². The summed E-state index contributed by atoms with van der Waals surface area (Å²) in [4.78, 5) is 0. The Bertz CT molecular complexity index is 939. The Balaban J connectivity index is 1.99. The van der Waals surface area contributed by atoms with Gasteiger partial charge in [-0.25, -0.2) is 0 Å². The Morgan fingerprint density at radius 2 is 1.17 bits per heavy atom. The van der Waals surface area contributed by atoms with E-state index in [1.165, 1.54) is 35.3 Å². The summed E-state index contributed by atoms with van der Waals surface area (Å²) >= 11 is 3.92. The van der Waals surface area contributed by atoms with E-state index in [2.05, 4.69) is 63.2 Å². The van der Waals surface area contributed by atoms with Gasteiger partial charge in [-0.1, -0.05) is 57.2 Å². The van der Waals surface area contributed by atoms with Gasteiger partial charge in [0, 0.05) is 33.1 Å². The average Bonchev–Trinajstić information content (AvgIpc) is 2.79. The van der Waals surface area contributed by atoms with Crippen molar-refractivity contribution in [3.8, 4) is 11.5 Å². The van der Waals surface area contributed by atoms with E-state index in [0.29, 0.717) is 0 Å². The first-order valence-corrected chi connectivity index (χ1v) is 13.5. The molecule has 3 aromatic carbocycles. The van der Waals surface area contributed by atoms with Gasteiger partial charge in [-0.05, 0) is 42.4 Å². The third-order valence-corrected chi connectivity index (χ3v) is 7.35. The summed E-state index contributed by atoms with van der Waals surface area (Å²) in [6.45, 7) is 8.11. The van der Waals surface area contributed by atoms with Gasteiger partial charge < -0.3 is 9.47 Å². The lowest BCUT2D eigenvalue weighted by Gasteiger charge is -2.18. The van der Waals surface area contributed by atoms with Gasteiger partial charge in [-0.3, -0.25) is 0 Å². The van der Waals surface area contributed by atoms with Gasteiger partial charge in [0.15, 0.2) is 0 Å². The monoisotopic (exact) mass is 442 g/mol. The zero-order chi connectivity index (χ0) is 21.2. The van der Waals surface area contributed by atoms with Crippen molar-refractivity contribution in [2.75, 3.05) is 36.2 Å². The molecular weight excluding hydrogens is 408 g/mol. The summed E-state index contributed by atoms with van der Waals surface area (Å²) in [5.41, 5.74) is 1.33. The van der Waals surface area contributed by atoms with Crippen LogP contribution in [0, 0.1) is 0 Å². The normalized spacial score (nSPS) is 11.3. The Kier molecular flexibility index (Phi) is 9.54. The summed E-state index contributed by atoms with van der Waals surface area (Å²) in [7, 11) is 0. The molecule has 0 heterocycles. The van der Waals surface area contributed by atoms with Crippen molar-refractivity contribution in [2.45, 2.75) is 40.0 Å². The molecule has 2 nitrogen and oxygen atoms in total. The average molecular weight is 443 g/mol. The van der Waals surface area contributed by atoms with Crippen LogP contribution in [0.3, 0.4) is 0 Å². The highest BCUT2D eigenvalue weighted by atomic mass is 32.2. The molecule has 30 heavy (non-hydrogen) atoms. The van der Waals surface area contributed by atoms with Gasteiger partial charge in [0.1, 0.15) is 11.5 Å². The highest BCUT2D eigenvalue weighted by Gasteiger charge is 2.16. The van der Waals surface area contributed by atoms with Crippen molar-refractivity contribution < 1.29 is 9.47 Å². The molecule has 0 fully saturated rings. The van der Waals surface area contributed by atoms with E-state index in [1.807, 2.05) is 23.5 Å². The number of benzene rings is 3. The smallest absolute Gasteiger partial charge is 0.135 e. The summed E-state index contributed by atoms with van der Waals surface area (Å²) in [6, 6.07) is 15.2. The summed E-state index contributed by atoms with van der Waals surface area (Å²) in [6.07, 6.45) is 3.43. The number of thioether (sulfide) groups is 2. The van der Waals surface area contributed by atoms with Crippen molar-refractivity contribution in [3.05, 3.63) is 48.0 Å². The molecule has 162 valence electrons. The Hall–Kier alpha value is -1.52. The topological polar surface area (TPSA) is 18.5 Å². The molecular formula is C26H34O2S2. The lowest BCUT2D eigenvalue weighted by Crippen LogP contribution is -2.05. The first kappa shape index (κ1) is 23.1. The molecule has 0 aromatic heterocycles. The van der Waals surface area contributed by atoms with Gasteiger partial charge in [0.2, 0.25) is 0 Å². The third kappa shape index (κ3) is 5.79. The van der Waals surface area contributed by atoms with E-state index >= 15 is 0 Å². The molecule has 3 rings (SSSR count). The van der Waals surface area contributed by atoms with Crippen molar-refractivity contribution in [1.29, 1.82) is 0 Å². The summed E-state index contributed by atoms with van der Waals surface area (Å²) < 4.78 is 12.8. The van der Waals surface area contributed by atoms with Crippen LogP contribution >= 0.6 is 23.5 Å². The van der Waals surface area contributed by atoms with Crippen LogP contribution in [0.25, 0.3) is 21.5 Å². The van der Waals surface area contributed by atoms with E-state index in [0.717, 1.165) is 58.8 Å². The fourth-order valence-electron chi connectivity index (χ4n) is 3.58. The number of fused-ring (bicyclic) bond motifs is 2. The van der Waals surface area contributed by atoms with Crippen LogP contribution in [0.2, 0.25) is 0 Å². The summed E-state index contributed by atoms with van der Waals surface area (Å²) in [5.74, 6) is 6.41. The van der Waals surface area contributed by atoms with Gasteiger partial charge in [-0.15, -0.1) is 0 Å². The molecule has 0 bridgehead atoms. The predicted molar refractivity (Wildman–Crippen MR) is 137 cm³/mol. The largest absolute Gasteiger partial charge is 0.491 e. The minimum Gasteiger partial charge on any atom is -0.491 e. The second-order valence-electron chi connectivity index (χ2n) is 7.36. The van der Waals surface area contributed by atoms with Crippen molar-refractivity contribution in [2.24, 2.45) is 0 Å². The molecule has 0 aliphatic rings. The predicted octanol–water partition coefficient (Wildman–Crippen LogP) is 7.60. The van der Waals surface area contributed by atoms with E-state index in [-0.39, 0.29) is 0 Å². The minimum atomic E-state index is 0.729. The van der Waals surface area contributed by atoms with Gasteiger partial charge >= 0.3 is 0 Å². The van der Waals surface area contributed by atoms with Crippen molar-refractivity contribution >= 4 is 45.1 Å². The molecule has 0 unspecified atom stereocenters. The van der Waals surface area contributed by atoms with Crippen LogP contribution in [0.15, 0.2) is 42.5 Å². The fourth-order valence-corrected chi connectivity index (χ4v) is 4.96. The minimum absolute atomic E-state index is 0.729. The van der Waals surface area contributed by atoms with E-state index in [1.54, 1.807) is 0 Å². The van der Waals surface area contributed by atoms with Crippen LogP contribution in [0.5, 0.6) is 11.5 Å². The molecule has 3 aromatic rings. The van der Waals surface area contributed by atoms with Crippen molar-refractivity contribution in [3.63, 3.8) is 0 Å². The van der Waals surface area contributed by atoms with Crippen molar-refractivity contribution in [1.82, 2.24) is 0 Å². The van der Waals surface area contributed by atoms with Gasteiger partial charge in [0.05, 0.1) is 13.2 Å². The molecule has 0 N–H and O–H groups in total.